The van der Waals surface area contributed by atoms with E-state index in [9.17, 15) is 9.59 Å². The molecular formula is C17H23IN2O3. The molecule has 0 atom stereocenters. The summed E-state index contributed by atoms with van der Waals surface area (Å²) in [4.78, 5) is 25.9. The first-order valence-corrected chi connectivity index (χ1v) is 9.02. The molecule has 23 heavy (non-hydrogen) atoms. The van der Waals surface area contributed by atoms with Gasteiger partial charge in [-0.1, -0.05) is 6.07 Å². The average Bonchev–Trinajstić information content (AvgIpc) is 2.52. The first-order chi connectivity index (χ1) is 11.0. The third-order valence-corrected chi connectivity index (χ3v) is 5.19. The molecule has 1 N–H and O–H groups in total. The van der Waals surface area contributed by atoms with Gasteiger partial charge in [-0.05, 0) is 80.1 Å². The lowest BCUT2D eigenvalue weighted by Crippen LogP contribution is -2.41. The molecule has 1 aliphatic rings. The fourth-order valence-electron chi connectivity index (χ4n) is 2.66. The standard InChI is InChI=1S/C17H23IN2O3/c1-3-23-17(22)13-6-8-20(9-7-13)11-16(21)19-14-5-4-12(2)15(18)10-14/h4-5,10,13H,3,6-9,11H2,1-2H3,(H,19,21). The molecular weight excluding hydrogens is 407 g/mol. The Morgan fingerprint density at radius 1 is 1.35 bits per heavy atom. The van der Waals surface area contributed by atoms with E-state index in [4.69, 9.17) is 4.74 Å². The van der Waals surface area contributed by atoms with Crippen molar-refractivity contribution in [1.82, 2.24) is 4.90 Å². The lowest BCUT2D eigenvalue weighted by molar-refractivity contribution is -0.149. The van der Waals surface area contributed by atoms with E-state index < -0.39 is 0 Å². The SMILES string of the molecule is CCOC(=O)C1CCN(CC(=O)Nc2ccc(C)c(I)c2)CC1. The first-order valence-electron chi connectivity index (χ1n) is 7.94. The fraction of sp³-hybridized carbons (Fsp3) is 0.529. The molecule has 0 spiro atoms. The molecule has 0 aliphatic carbocycles. The molecule has 1 saturated heterocycles. The summed E-state index contributed by atoms with van der Waals surface area (Å²) >= 11 is 2.26. The number of hydrogen-bond donors (Lipinski definition) is 1. The lowest BCUT2D eigenvalue weighted by Gasteiger charge is -2.30. The van der Waals surface area contributed by atoms with E-state index in [2.05, 4.69) is 32.8 Å². The van der Waals surface area contributed by atoms with Gasteiger partial charge < -0.3 is 10.1 Å². The summed E-state index contributed by atoms with van der Waals surface area (Å²) in [6, 6.07) is 5.89. The van der Waals surface area contributed by atoms with Gasteiger partial charge in [0.25, 0.3) is 0 Å². The molecule has 1 aromatic carbocycles. The summed E-state index contributed by atoms with van der Waals surface area (Å²) in [5, 5.41) is 2.93. The highest BCUT2D eigenvalue weighted by molar-refractivity contribution is 14.1. The summed E-state index contributed by atoms with van der Waals surface area (Å²) < 4.78 is 6.19. The summed E-state index contributed by atoms with van der Waals surface area (Å²) in [5.74, 6) is -0.141. The van der Waals surface area contributed by atoms with E-state index in [0.29, 0.717) is 13.2 Å². The van der Waals surface area contributed by atoms with Crippen LogP contribution in [0.4, 0.5) is 5.69 Å². The number of anilines is 1. The molecule has 0 bridgehead atoms. The van der Waals surface area contributed by atoms with Crippen LogP contribution in [-0.2, 0) is 14.3 Å². The van der Waals surface area contributed by atoms with E-state index in [0.717, 1.165) is 35.2 Å². The minimum atomic E-state index is -0.106. The van der Waals surface area contributed by atoms with Crippen molar-refractivity contribution in [3.8, 4) is 0 Å². The zero-order chi connectivity index (χ0) is 16.8. The van der Waals surface area contributed by atoms with E-state index in [1.165, 1.54) is 5.56 Å². The topological polar surface area (TPSA) is 58.6 Å². The van der Waals surface area contributed by atoms with Gasteiger partial charge in [-0.3, -0.25) is 14.5 Å². The smallest absolute Gasteiger partial charge is 0.309 e. The van der Waals surface area contributed by atoms with Crippen LogP contribution >= 0.6 is 22.6 Å². The van der Waals surface area contributed by atoms with Gasteiger partial charge in [0.05, 0.1) is 19.1 Å². The molecule has 0 radical (unpaired) electrons. The third kappa shape index (κ3) is 5.46. The van der Waals surface area contributed by atoms with E-state index >= 15 is 0 Å². The van der Waals surface area contributed by atoms with Crippen LogP contribution in [0.2, 0.25) is 0 Å². The largest absolute Gasteiger partial charge is 0.466 e. The molecule has 0 saturated carbocycles. The minimum Gasteiger partial charge on any atom is -0.466 e. The van der Waals surface area contributed by atoms with Crippen molar-refractivity contribution < 1.29 is 14.3 Å². The molecule has 2 rings (SSSR count). The van der Waals surface area contributed by atoms with E-state index in [-0.39, 0.29) is 17.8 Å². The average molecular weight is 430 g/mol. The zero-order valence-electron chi connectivity index (χ0n) is 13.6. The van der Waals surface area contributed by atoms with Crippen molar-refractivity contribution in [3.63, 3.8) is 0 Å². The maximum atomic E-state index is 12.1. The number of carbonyl (C=O) groups excluding carboxylic acids is 2. The second-order valence-electron chi connectivity index (χ2n) is 5.81. The molecule has 1 amide bonds. The van der Waals surface area contributed by atoms with Crippen molar-refractivity contribution >= 4 is 40.2 Å². The van der Waals surface area contributed by atoms with Gasteiger partial charge in [-0.25, -0.2) is 0 Å². The van der Waals surface area contributed by atoms with Crippen LogP contribution in [0, 0.1) is 16.4 Å². The Balaban J connectivity index is 1.78. The molecule has 1 aliphatic heterocycles. The summed E-state index contributed by atoms with van der Waals surface area (Å²) in [6.07, 6.45) is 1.52. The molecule has 0 aromatic heterocycles. The Labute approximate surface area is 150 Å². The highest BCUT2D eigenvalue weighted by atomic mass is 127. The van der Waals surface area contributed by atoms with Crippen LogP contribution < -0.4 is 5.32 Å². The van der Waals surface area contributed by atoms with Crippen LogP contribution in [0.3, 0.4) is 0 Å². The van der Waals surface area contributed by atoms with Gasteiger partial charge in [0.15, 0.2) is 0 Å². The normalized spacial score (nSPS) is 16.1. The van der Waals surface area contributed by atoms with Crippen molar-refractivity contribution in [1.29, 1.82) is 0 Å². The first kappa shape index (κ1) is 18.2. The highest BCUT2D eigenvalue weighted by Crippen LogP contribution is 2.19. The van der Waals surface area contributed by atoms with Crippen molar-refractivity contribution in [3.05, 3.63) is 27.3 Å². The lowest BCUT2D eigenvalue weighted by atomic mass is 9.97. The highest BCUT2D eigenvalue weighted by Gasteiger charge is 2.26. The predicted octanol–water partition coefficient (Wildman–Crippen LogP) is 2.81. The predicted molar refractivity (Wildman–Crippen MR) is 98.3 cm³/mol. The third-order valence-electron chi connectivity index (χ3n) is 4.03. The van der Waals surface area contributed by atoms with Crippen LogP contribution in [0.25, 0.3) is 0 Å². The van der Waals surface area contributed by atoms with Crippen molar-refractivity contribution in [2.45, 2.75) is 26.7 Å². The number of rotatable bonds is 5. The number of aryl methyl sites for hydroxylation is 1. The van der Waals surface area contributed by atoms with Crippen LogP contribution in [0.1, 0.15) is 25.3 Å². The Bertz CT molecular complexity index is 569. The second kappa shape index (κ2) is 8.63. The molecule has 5 nitrogen and oxygen atoms in total. The molecule has 6 heteroatoms. The quantitative estimate of drug-likeness (QED) is 0.577. The van der Waals surface area contributed by atoms with Crippen LogP contribution in [-0.4, -0.2) is 43.0 Å². The molecule has 1 heterocycles. The second-order valence-corrected chi connectivity index (χ2v) is 6.98. The van der Waals surface area contributed by atoms with Crippen LogP contribution in [0.5, 0.6) is 0 Å². The molecule has 126 valence electrons. The number of nitrogens with zero attached hydrogens (tertiary/aromatic N) is 1. The van der Waals surface area contributed by atoms with Gasteiger partial charge >= 0.3 is 5.97 Å². The number of nitrogens with one attached hydrogen (secondary N) is 1. The number of likely N-dealkylation sites (tertiary alicyclic amines) is 1. The number of amides is 1. The van der Waals surface area contributed by atoms with Crippen molar-refractivity contribution in [2.24, 2.45) is 5.92 Å². The molecule has 0 unspecified atom stereocenters. The zero-order valence-corrected chi connectivity index (χ0v) is 15.8. The summed E-state index contributed by atoms with van der Waals surface area (Å²) in [7, 11) is 0. The Kier molecular flexibility index (Phi) is 6.83. The Morgan fingerprint density at radius 2 is 2.04 bits per heavy atom. The Morgan fingerprint density at radius 3 is 2.65 bits per heavy atom. The molecule has 1 aromatic rings. The number of carbonyl (C=O) groups is 2. The molecule has 1 fully saturated rings. The number of halogens is 1. The number of hydrogen-bond acceptors (Lipinski definition) is 4. The summed E-state index contributed by atoms with van der Waals surface area (Å²) in [5.41, 5.74) is 2.02. The minimum absolute atomic E-state index is 0.0146. The van der Waals surface area contributed by atoms with Crippen LogP contribution in [0.15, 0.2) is 18.2 Å². The number of ether oxygens (including phenoxy) is 1. The van der Waals surface area contributed by atoms with Crippen molar-refractivity contribution in [2.75, 3.05) is 31.6 Å². The van der Waals surface area contributed by atoms with Gasteiger partial charge in [0, 0.05) is 9.26 Å². The van der Waals surface area contributed by atoms with E-state index in [1.54, 1.807) is 0 Å². The number of piperidine rings is 1. The maximum absolute atomic E-state index is 12.1. The maximum Gasteiger partial charge on any atom is 0.309 e. The number of benzene rings is 1. The van der Waals surface area contributed by atoms with Gasteiger partial charge in [0.2, 0.25) is 5.91 Å². The van der Waals surface area contributed by atoms with Gasteiger partial charge in [-0.2, -0.15) is 0 Å². The fourth-order valence-corrected chi connectivity index (χ4v) is 3.18. The monoisotopic (exact) mass is 430 g/mol. The Hall–Kier alpha value is -1.15. The van der Waals surface area contributed by atoms with Gasteiger partial charge in [-0.15, -0.1) is 0 Å². The van der Waals surface area contributed by atoms with Gasteiger partial charge in [0.1, 0.15) is 0 Å². The summed E-state index contributed by atoms with van der Waals surface area (Å²) in [6.45, 7) is 6.16. The van der Waals surface area contributed by atoms with E-state index in [1.807, 2.05) is 32.0 Å². The number of esters is 1.